The van der Waals surface area contributed by atoms with Gasteiger partial charge in [0.1, 0.15) is 0 Å². The number of nitrogen functional groups attached to an aromatic ring is 1. The van der Waals surface area contributed by atoms with E-state index >= 15 is 0 Å². The van der Waals surface area contributed by atoms with E-state index in [0.717, 1.165) is 22.9 Å². The number of carbonyl (C=O) groups is 1. The molecule has 0 unspecified atom stereocenters. The highest BCUT2D eigenvalue weighted by Crippen LogP contribution is 2.41. The molecule has 1 aliphatic heterocycles. The number of halogens is 1. The largest absolute Gasteiger partial charge is 0.465 e. The van der Waals surface area contributed by atoms with Gasteiger partial charge in [0.25, 0.3) is 0 Å². The van der Waals surface area contributed by atoms with Crippen LogP contribution in [0, 0.1) is 0 Å². The number of carboxylic acid groups (broad SMARTS) is 1. The summed E-state index contributed by atoms with van der Waals surface area (Å²) in [6, 6.07) is 3.61. The van der Waals surface area contributed by atoms with Crippen LogP contribution in [0.4, 0.5) is 16.2 Å². The van der Waals surface area contributed by atoms with Gasteiger partial charge in [-0.15, -0.1) is 0 Å². The van der Waals surface area contributed by atoms with Crippen LogP contribution in [-0.4, -0.2) is 16.7 Å². The van der Waals surface area contributed by atoms with Crippen molar-refractivity contribution in [2.45, 2.75) is 32.2 Å². The first kappa shape index (κ1) is 12.2. The van der Waals surface area contributed by atoms with Gasteiger partial charge in [-0.2, -0.15) is 0 Å². The number of hydrogen-bond acceptors (Lipinski definition) is 2. The first-order valence-corrected chi connectivity index (χ1v) is 6.24. The summed E-state index contributed by atoms with van der Waals surface area (Å²) < 4.78 is 0.821. The molecule has 1 heterocycles. The molecule has 1 aromatic rings. The second-order valence-electron chi connectivity index (χ2n) is 4.89. The SMILES string of the molecule is CC1(C)CCc2c(ccc(Br)c2N)N1C(=O)O. The third-order valence-corrected chi connectivity index (χ3v) is 3.99. The zero-order valence-electron chi connectivity index (χ0n) is 9.83. The number of nitrogens with two attached hydrogens (primary N) is 1. The molecule has 1 aliphatic rings. The number of hydrogen-bond donors (Lipinski definition) is 2. The van der Waals surface area contributed by atoms with Crippen molar-refractivity contribution in [2.24, 2.45) is 0 Å². The standard InChI is InChI=1S/C12H15BrN2O2/c1-12(2)6-5-7-9(15(12)11(16)17)4-3-8(13)10(7)14/h3-4H,5-6,14H2,1-2H3,(H,16,17). The zero-order chi connectivity index (χ0) is 12.8. The minimum atomic E-state index is -0.933. The van der Waals surface area contributed by atoms with Gasteiger partial charge >= 0.3 is 6.09 Å². The quantitative estimate of drug-likeness (QED) is 0.723. The van der Waals surface area contributed by atoms with E-state index in [1.54, 1.807) is 6.07 Å². The first-order valence-electron chi connectivity index (χ1n) is 5.44. The summed E-state index contributed by atoms with van der Waals surface area (Å²) in [6.45, 7) is 3.87. The van der Waals surface area contributed by atoms with E-state index in [2.05, 4.69) is 15.9 Å². The number of fused-ring (bicyclic) bond motifs is 1. The fourth-order valence-corrected chi connectivity index (χ4v) is 2.70. The van der Waals surface area contributed by atoms with Crippen LogP contribution in [-0.2, 0) is 6.42 Å². The third-order valence-electron chi connectivity index (χ3n) is 3.30. The molecule has 1 aromatic carbocycles. The molecule has 0 saturated carbocycles. The summed E-state index contributed by atoms with van der Waals surface area (Å²) >= 11 is 3.37. The summed E-state index contributed by atoms with van der Waals surface area (Å²) in [5.41, 5.74) is 7.86. The Kier molecular flexibility index (Phi) is 2.81. The van der Waals surface area contributed by atoms with Crippen molar-refractivity contribution in [2.75, 3.05) is 10.6 Å². The lowest BCUT2D eigenvalue weighted by Gasteiger charge is -2.42. The van der Waals surface area contributed by atoms with E-state index in [1.165, 1.54) is 4.90 Å². The molecule has 0 bridgehead atoms. The van der Waals surface area contributed by atoms with E-state index in [1.807, 2.05) is 19.9 Å². The lowest BCUT2D eigenvalue weighted by atomic mass is 9.86. The molecule has 1 amide bonds. The summed E-state index contributed by atoms with van der Waals surface area (Å²) in [5.74, 6) is 0. The van der Waals surface area contributed by atoms with Crippen LogP contribution in [0.25, 0.3) is 0 Å². The molecular weight excluding hydrogens is 284 g/mol. The minimum absolute atomic E-state index is 0.390. The molecule has 0 saturated heterocycles. The molecule has 17 heavy (non-hydrogen) atoms. The van der Waals surface area contributed by atoms with Crippen LogP contribution >= 0.6 is 15.9 Å². The van der Waals surface area contributed by atoms with Crippen LogP contribution < -0.4 is 10.6 Å². The van der Waals surface area contributed by atoms with Gasteiger partial charge in [-0.05, 0) is 54.8 Å². The van der Waals surface area contributed by atoms with Gasteiger partial charge in [0.05, 0.1) is 11.4 Å². The topological polar surface area (TPSA) is 66.6 Å². The van der Waals surface area contributed by atoms with Gasteiger partial charge in [-0.25, -0.2) is 4.79 Å². The van der Waals surface area contributed by atoms with Crippen molar-refractivity contribution in [3.05, 3.63) is 22.2 Å². The molecule has 0 spiro atoms. The van der Waals surface area contributed by atoms with Crippen molar-refractivity contribution in [3.8, 4) is 0 Å². The average Bonchev–Trinajstić information content (AvgIpc) is 2.21. The van der Waals surface area contributed by atoms with Crippen molar-refractivity contribution in [3.63, 3.8) is 0 Å². The Balaban J connectivity index is 2.62. The van der Waals surface area contributed by atoms with Crippen molar-refractivity contribution in [1.82, 2.24) is 0 Å². The monoisotopic (exact) mass is 298 g/mol. The van der Waals surface area contributed by atoms with Gasteiger partial charge in [-0.1, -0.05) is 0 Å². The molecule has 0 aliphatic carbocycles. The Bertz CT molecular complexity index is 486. The van der Waals surface area contributed by atoms with E-state index in [-0.39, 0.29) is 5.54 Å². The first-order chi connectivity index (χ1) is 7.84. The minimum Gasteiger partial charge on any atom is -0.465 e. The summed E-state index contributed by atoms with van der Waals surface area (Å²) in [4.78, 5) is 12.8. The lowest BCUT2D eigenvalue weighted by Crippen LogP contribution is -2.50. The van der Waals surface area contributed by atoms with Crippen molar-refractivity contribution in [1.29, 1.82) is 0 Å². The van der Waals surface area contributed by atoms with Crippen LogP contribution in [0.5, 0.6) is 0 Å². The van der Waals surface area contributed by atoms with Crippen molar-refractivity contribution < 1.29 is 9.90 Å². The maximum Gasteiger partial charge on any atom is 0.412 e. The number of anilines is 2. The van der Waals surface area contributed by atoms with Gasteiger partial charge in [0, 0.05) is 15.6 Å². The molecule has 92 valence electrons. The maximum atomic E-state index is 11.4. The summed E-state index contributed by atoms with van der Waals surface area (Å²) in [5, 5.41) is 9.35. The zero-order valence-corrected chi connectivity index (χ0v) is 11.4. The van der Waals surface area contributed by atoms with E-state index < -0.39 is 6.09 Å². The molecule has 2 rings (SSSR count). The van der Waals surface area contributed by atoms with E-state index in [0.29, 0.717) is 11.4 Å². The second kappa shape index (κ2) is 3.91. The average molecular weight is 299 g/mol. The molecular formula is C12H15BrN2O2. The number of benzene rings is 1. The Morgan fingerprint density at radius 2 is 2.18 bits per heavy atom. The van der Waals surface area contributed by atoms with Crippen molar-refractivity contribution >= 4 is 33.4 Å². The molecule has 0 radical (unpaired) electrons. The fourth-order valence-electron chi connectivity index (χ4n) is 2.33. The number of amides is 1. The van der Waals surface area contributed by atoms with Gasteiger partial charge in [0.2, 0.25) is 0 Å². The van der Waals surface area contributed by atoms with Gasteiger partial charge in [0.15, 0.2) is 0 Å². The number of rotatable bonds is 0. The normalized spacial score (nSPS) is 17.7. The van der Waals surface area contributed by atoms with Gasteiger partial charge < -0.3 is 10.8 Å². The van der Waals surface area contributed by atoms with Crippen LogP contribution in [0.15, 0.2) is 16.6 Å². The number of nitrogens with zero attached hydrogens (tertiary/aromatic N) is 1. The highest BCUT2D eigenvalue weighted by atomic mass is 79.9. The van der Waals surface area contributed by atoms with E-state index in [4.69, 9.17) is 5.73 Å². The molecule has 0 aromatic heterocycles. The lowest BCUT2D eigenvalue weighted by molar-refractivity contribution is 0.192. The van der Waals surface area contributed by atoms with Gasteiger partial charge in [-0.3, -0.25) is 4.90 Å². The fraction of sp³-hybridized carbons (Fsp3) is 0.417. The Hall–Kier alpha value is -1.23. The molecule has 4 nitrogen and oxygen atoms in total. The van der Waals surface area contributed by atoms with Crippen LogP contribution in [0.3, 0.4) is 0 Å². The maximum absolute atomic E-state index is 11.4. The second-order valence-corrected chi connectivity index (χ2v) is 5.74. The van der Waals surface area contributed by atoms with Crippen LogP contribution in [0.2, 0.25) is 0 Å². The van der Waals surface area contributed by atoms with E-state index in [9.17, 15) is 9.90 Å². The predicted molar refractivity (Wildman–Crippen MR) is 71.5 cm³/mol. The Morgan fingerprint density at radius 3 is 2.76 bits per heavy atom. The predicted octanol–water partition coefficient (Wildman–Crippen LogP) is 3.24. The molecule has 5 heteroatoms. The summed E-state index contributed by atoms with van der Waals surface area (Å²) in [7, 11) is 0. The Labute approximate surface area is 109 Å². The Morgan fingerprint density at radius 1 is 1.53 bits per heavy atom. The van der Waals surface area contributed by atoms with Crippen LogP contribution in [0.1, 0.15) is 25.8 Å². The molecule has 0 atom stereocenters. The summed E-state index contributed by atoms with van der Waals surface area (Å²) in [6.07, 6.45) is 0.641. The molecule has 3 N–H and O–H groups in total. The smallest absolute Gasteiger partial charge is 0.412 e. The third kappa shape index (κ3) is 1.88. The highest BCUT2D eigenvalue weighted by molar-refractivity contribution is 9.10. The molecule has 0 fully saturated rings. The highest BCUT2D eigenvalue weighted by Gasteiger charge is 2.37.